The number of carbonyl (C=O) groups excluding carboxylic acids is 2. The number of nitrogens with one attached hydrogen (secondary N) is 2. The van der Waals surface area contributed by atoms with E-state index in [0.29, 0.717) is 18.1 Å². The molecule has 26 heavy (non-hydrogen) atoms. The van der Waals surface area contributed by atoms with Crippen molar-refractivity contribution in [3.63, 3.8) is 0 Å². The number of carbonyl (C=O) groups is 2. The van der Waals surface area contributed by atoms with Crippen LogP contribution in [-0.2, 0) is 22.6 Å². The number of rotatable bonds is 7. The minimum Gasteiger partial charge on any atom is -0.352 e. The zero-order valence-electron chi connectivity index (χ0n) is 14.6. The van der Waals surface area contributed by atoms with Gasteiger partial charge in [-0.25, -0.2) is 0 Å². The molecule has 2 aromatic heterocycles. The Hall–Kier alpha value is -3.22. The van der Waals surface area contributed by atoms with Crippen LogP contribution in [0.1, 0.15) is 30.9 Å². The summed E-state index contributed by atoms with van der Waals surface area (Å²) in [6.07, 6.45) is 2.96. The van der Waals surface area contributed by atoms with E-state index in [0.717, 1.165) is 12.0 Å². The first kappa shape index (κ1) is 17.6. The van der Waals surface area contributed by atoms with Crippen LogP contribution < -0.4 is 10.6 Å². The minimum atomic E-state index is -0.273. The minimum absolute atomic E-state index is 0.0857. The SMILES string of the molecule is CCc1ccc(CNC(=O)CCC(=O)Nc2nnc3ccccn23)cc1. The van der Waals surface area contributed by atoms with E-state index in [1.165, 1.54) is 5.56 Å². The standard InChI is InChI=1S/C19H21N5O2/c1-2-14-6-8-15(9-7-14)13-20-17(25)10-11-18(26)21-19-23-22-16-5-3-4-12-24(16)19/h3-9,12H,2,10-11,13H2,1H3,(H,20,25)(H,21,23,26). The fourth-order valence-electron chi connectivity index (χ4n) is 2.52. The Morgan fingerprint density at radius 1 is 0.962 bits per heavy atom. The second-order valence-corrected chi connectivity index (χ2v) is 5.95. The molecule has 3 aromatic rings. The van der Waals surface area contributed by atoms with Crippen LogP contribution >= 0.6 is 0 Å². The van der Waals surface area contributed by atoms with Crippen molar-refractivity contribution >= 4 is 23.4 Å². The van der Waals surface area contributed by atoms with Crippen molar-refractivity contribution in [2.75, 3.05) is 5.32 Å². The van der Waals surface area contributed by atoms with E-state index in [-0.39, 0.29) is 24.7 Å². The number of aromatic nitrogens is 3. The third kappa shape index (κ3) is 4.44. The van der Waals surface area contributed by atoms with Crippen molar-refractivity contribution in [2.45, 2.75) is 32.7 Å². The fourth-order valence-corrected chi connectivity index (χ4v) is 2.52. The Balaban J connectivity index is 1.44. The van der Waals surface area contributed by atoms with Crippen LogP contribution in [0, 0.1) is 0 Å². The Bertz CT molecular complexity index is 902. The van der Waals surface area contributed by atoms with Gasteiger partial charge in [0.1, 0.15) is 0 Å². The summed E-state index contributed by atoms with van der Waals surface area (Å²) < 4.78 is 1.68. The Morgan fingerprint density at radius 3 is 2.46 bits per heavy atom. The monoisotopic (exact) mass is 351 g/mol. The zero-order chi connectivity index (χ0) is 18.4. The van der Waals surface area contributed by atoms with Gasteiger partial charge in [-0.1, -0.05) is 37.3 Å². The number of hydrogen-bond donors (Lipinski definition) is 2. The number of fused-ring (bicyclic) bond motifs is 1. The van der Waals surface area contributed by atoms with Crippen LogP contribution in [0.25, 0.3) is 5.65 Å². The summed E-state index contributed by atoms with van der Waals surface area (Å²) in [6, 6.07) is 13.6. The number of aryl methyl sites for hydroxylation is 1. The Morgan fingerprint density at radius 2 is 1.69 bits per heavy atom. The molecule has 1 aromatic carbocycles. The summed E-state index contributed by atoms with van der Waals surface area (Å²) in [5.74, 6) is -0.0848. The summed E-state index contributed by atoms with van der Waals surface area (Å²) in [5.41, 5.74) is 2.95. The highest BCUT2D eigenvalue weighted by Gasteiger charge is 2.11. The van der Waals surface area contributed by atoms with Crippen LogP contribution in [0.4, 0.5) is 5.95 Å². The van der Waals surface area contributed by atoms with E-state index in [4.69, 9.17) is 0 Å². The predicted molar refractivity (Wildman–Crippen MR) is 98.5 cm³/mol. The van der Waals surface area contributed by atoms with Crippen molar-refractivity contribution in [3.8, 4) is 0 Å². The van der Waals surface area contributed by atoms with E-state index >= 15 is 0 Å². The molecule has 0 saturated heterocycles. The molecular weight excluding hydrogens is 330 g/mol. The van der Waals surface area contributed by atoms with Crippen LogP contribution in [0.15, 0.2) is 48.7 Å². The summed E-state index contributed by atoms with van der Waals surface area (Å²) in [5, 5.41) is 13.4. The Kier molecular flexibility index (Phi) is 5.58. The molecule has 0 bridgehead atoms. The van der Waals surface area contributed by atoms with Gasteiger partial charge in [-0.3, -0.25) is 19.3 Å². The highest BCUT2D eigenvalue weighted by Crippen LogP contribution is 2.08. The van der Waals surface area contributed by atoms with E-state index in [1.54, 1.807) is 16.7 Å². The number of hydrogen-bond acceptors (Lipinski definition) is 4. The highest BCUT2D eigenvalue weighted by atomic mass is 16.2. The van der Waals surface area contributed by atoms with Gasteiger partial charge in [0.05, 0.1) is 0 Å². The van der Waals surface area contributed by atoms with Gasteiger partial charge >= 0.3 is 0 Å². The molecule has 2 amide bonds. The number of amides is 2. The molecule has 3 rings (SSSR count). The van der Waals surface area contributed by atoms with Gasteiger partial charge in [0.2, 0.25) is 17.8 Å². The van der Waals surface area contributed by atoms with Gasteiger partial charge in [-0.05, 0) is 29.7 Å². The normalized spacial score (nSPS) is 10.7. The topological polar surface area (TPSA) is 88.4 Å². The highest BCUT2D eigenvalue weighted by molar-refractivity contribution is 5.92. The molecular formula is C19H21N5O2. The molecule has 0 spiro atoms. The lowest BCUT2D eigenvalue weighted by molar-refractivity contribution is -0.124. The average molecular weight is 351 g/mol. The van der Waals surface area contributed by atoms with E-state index < -0.39 is 0 Å². The lowest BCUT2D eigenvalue weighted by Crippen LogP contribution is -2.24. The number of anilines is 1. The van der Waals surface area contributed by atoms with Crippen LogP contribution in [0.5, 0.6) is 0 Å². The first-order chi connectivity index (χ1) is 12.7. The quantitative estimate of drug-likeness (QED) is 0.684. The zero-order valence-corrected chi connectivity index (χ0v) is 14.6. The molecule has 0 fully saturated rings. The molecule has 2 heterocycles. The molecule has 7 heteroatoms. The third-order valence-electron chi connectivity index (χ3n) is 4.06. The number of nitrogens with zero attached hydrogens (tertiary/aromatic N) is 3. The van der Waals surface area contributed by atoms with Crippen molar-refractivity contribution < 1.29 is 9.59 Å². The molecule has 0 aliphatic carbocycles. The van der Waals surface area contributed by atoms with Crippen molar-refractivity contribution in [3.05, 3.63) is 59.8 Å². The molecule has 0 saturated carbocycles. The maximum Gasteiger partial charge on any atom is 0.235 e. The largest absolute Gasteiger partial charge is 0.352 e. The van der Waals surface area contributed by atoms with Crippen molar-refractivity contribution in [2.24, 2.45) is 0 Å². The third-order valence-corrected chi connectivity index (χ3v) is 4.06. The van der Waals surface area contributed by atoms with Crippen LogP contribution in [-0.4, -0.2) is 26.4 Å². The summed E-state index contributed by atoms with van der Waals surface area (Å²) in [7, 11) is 0. The summed E-state index contributed by atoms with van der Waals surface area (Å²) in [4.78, 5) is 24.0. The first-order valence-corrected chi connectivity index (χ1v) is 8.60. The smallest absolute Gasteiger partial charge is 0.235 e. The van der Waals surface area contributed by atoms with E-state index in [2.05, 4.69) is 39.9 Å². The molecule has 0 aliphatic heterocycles. The van der Waals surface area contributed by atoms with Gasteiger partial charge in [0.15, 0.2) is 5.65 Å². The average Bonchev–Trinajstić information content (AvgIpc) is 3.08. The molecule has 134 valence electrons. The van der Waals surface area contributed by atoms with Gasteiger partial charge in [-0.2, -0.15) is 0 Å². The van der Waals surface area contributed by atoms with E-state index in [1.807, 2.05) is 24.3 Å². The van der Waals surface area contributed by atoms with Gasteiger partial charge in [0, 0.05) is 25.6 Å². The molecule has 0 unspecified atom stereocenters. The van der Waals surface area contributed by atoms with Gasteiger partial charge < -0.3 is 5.32 Å². The van der Waals surface area contributed by atoms with Crippen molar-refractivity contribution in [1.82, 2.24) is 19.9 Å². The molecule has 0 atom stereocenters. The Labute approximate surface area is 151 Å². The lowest BCUT2D eigenvalue weighted by atomic mass is 10.1. The van der Waals surface area contributed by atoms with Crippen LogP contribution in [0.3, 0.4) is 0 Å². The van der Waals surface area contributed by atoms with E-state index in [9.17, 15) is 9.59 Å². The molecule has 7 nitrogen and oxygen atoms in total. The molecule has 2 N–H and O–H groups in total. The summed E-state index contributed by atoms with van der Waals surface area (Å²) >= 11 is 0. The molecule has 0 radical (unpaired) electrons. The second kappa shape index (κ2) is 8.24. The van der Waals surface area contributed by atoms with Gasteiger partial charge in [0.25, 0.3) is 0 Å². The molecule has 0 aliphatic rings. The maximum absolute atomic E-state index is 12.0. The second-order valence-electron chi connectivity index (χ2n) is 5.95. The first-order valence-electron chi connectivity index (χ1n) is 8.60. The summed E-state index contributed by atoms with van der Waals surface area (Å²) in [6.45, 7) is 2.56. The predicted octanol–water partition coefficient (Wildman–Crippen LogP) is 2.33. The van der Waals surface area contributed by atoms with Gasteiger partial charge in [-0.15, -0.1) is 10.2 Å². The number of benzene rings is 1. The van der Waals surface area contributed by atoms with Crippen molar-refractivity contribution in [1.29, 1.82) is 0 Å². The number of pyridine rings is 1. The fraction of sp³-hybridized carbons (Fsp3) is 0.263. The lowest BCUT2D eigenvalue weighted by Gasteiger charge is -2.06. The van der Waals surface area contributed by atoms with Crippen LogP contribution in [0.2, 0.25) is 0 Å². The maximum atomic E-state index is 12.0.